The molecule has 8 nitrogen and oxygen atoms in total. The molecule has 0 aliphatic carbocycles. The fraction of sp³-hybridized carbons (Fsp3) is 0. The number of rotatable bonds is 5. The number of aromatic amines is 1. The fourth-order valence-corrected chi connectivity index (χ4v) is 2.72. The Morgan fingerprint density at radius 3 is 2.41 bits per heavy atom. The number of carboxylic acids is 1. The number of anilines is 1. The number of nitrogens with zero attached hydrogens (tertiary/aromatic N) is 1. The number of benzene rings is 2. The minimum Gasteiger partial charge on any atom is -0.477 e. The Hall–Kier alpha value is -3.46. The van der Waals surface area contributed by atoms with Gasteiger partial charge in [-0.15, -0.1) is 0 Å². The first-order chi connectivity index (χ1) is 12.9. The zero-order valence-electron chi connectivity index (χ0n) is 13.7. The smallest absolute Gasteiger partial charge is 0.341 e. The molecule has 0 atom stereocenters. The van der Waals surface area contributed by atoms with Crippen molar-refractivity contribution in [1.29, 1.82) is 0 Å². The molecule has 1 aromatic heterocycles. The summed E-state index contributed by atoms with van der Waals surface area (Å²) in [5.41, 5.74) is 6.06. The third-order valence-electron chi connectivity index (χ3n) is 3.75. The van der Waals surface area contributed by atoms with Crippen molar-refractivity contribution in [2.24, 2.45) is 5.73 Å². The zero-order valence-corrected chi connectivity index (χ0v) is 15.3. The lowest BCUT2D eigenvalue weighted by molar-refractivity contribution is 0.0698. The molecule has 0 unspecified atom stereocenters. The second-order valence-electron chi connectivity index (χ2n) is 5.53. The third kappa shape index (κ3) is 3.87. The molecule has 3 aromatic rings. The Bertz CT molecular complexity index is 1040. The lowest BCUT2D eigenvalue weighted by Crippen LogP contribution is -2.14. The van der Waals surface area contributed by atoms with Crippen LogP contribution in [0, 0.1) is 0 Å². The summed E-state index contributed by atoms with van der Waals surface area (Å²) in [6.45, 7) is 0. The Balaban J connectivity index is 1.97. The summed E-state index contributed by atoms with van der Waals surface area (Å²) in [6.07, 6.45) is 0. The number of nitrogens with two attached hydrogens (primary N) is 1. The Kier molecular flexibility index (Phi) is 5.04. The van der Waals surface area contributed by atoms with Crippen LogP contribution in [-0.2, 0) is 0 Å². The van der Waals surface area contributed by atoms with Crippen LogP contribution in [0.4, 0.5) is 5.82 Å². The molecule has 0 fully saturated rings. The van der Waals surface area contributed by atoms with E-state index >= 15 is 0 Å². The molecule has 0 aliphatic heterocycles. The zero-order chi connectivity index (χ0) is 19.6. The summed E-state index contributed by atoms with van der Waals surface area (Å²) in [4.78, 5) is 35.5. The molecule has 9 heteroatoms. The van der Waals surface area contributed by atoms with Crippen LogP contribution in [0.25, 0.3) is 11.3 Å². The minimum absolute atomic E-state index is 0.0603. The SMILES string of the molecule is NC(=O)c1cccc(-c2n[nH]c(NC(=O)c3ccc(Br)cc3)c2C(=O)O)c1. The summed E-state index contributed by atoms with van der Waals surface area (Å²) >= 11 is 3.28. The summed E-state index contributed by atoms with van der Waals surface area (Å²) in [5.74, 6) is -2.48. The lowest BCUT2D eigenvalue weighted by atomic mass is 10.0. The largest absolute Gasteiger partial charge is 0.477 e. The van der Waals surface area contributed by atoms with Gasteiger partial charge in [0, 0.05) is 21.2 Å². The maximum atomic E-state index is 12.4. The molecule has 0 saturated heterocycles. The Morgan fingerprint density at radius 1 is 1.07 bits per heavy atom. The fourth-order valence-electron chi connectivity index (χ4n) is 2.46. The molecule has 0 saturated carbocycles. The number of halogens is 1. The number of amides is 2. The van der Waals surface area contributed by atoms with E-state index in [1.807, 2.05) is 0 Å². The van der Waals surface area contributed by atoms with E-state index in [9.17, 15) is 19.5 Å². The van der Waals surface area contributed by atoms with Gasteiger partial charge in [0.1, 0.15) is 17.1 Å². The molecule has 1 heterocycles. The number of nitrogens with one attached hydrogen (secondary N) is 2. The average molecular weight is 429 g/mol. The van der Waals surface area contributed by atoms with Crippen molar-refractivity contribution in [3.8, 4) is 11.3 Å². The maximum absolute atomic E-state index is 12.4. The van der Waals surface area contributed by atoms with Gasteiger partial charge in [-0.3, -0.25) is 14.7 Å². The minimum atomic E-state index is -1.28. The van der Waals surface area contributed by atoms with Gasteiger partial charge in [0.25, 0.3) is 5.91 Å². The Morgan fingerprint density at radius 2 is 1.78 bits per heavy atom. The predicted molar refractivity (Wildman–Crippen MR) is 102 cm³/mol. The monoisotopic (exact) mass is 428 g/mol. The van der Waals surface area contributed by atoms with Gasteiger partial charge in [0.15, 0.2) is 0 Å². The van der Waals surface area contributed by atoms with Gasteiger partial charge in [-0.1, -0.05) is 28.1 Å². The van der Waals surface area contributed by atoms with Gasteiger partial charge in [0.2, 0.25) is 5.91 Å². The molecule has 27 heavy (non-hydrogen) atoms. The summed E-state index contributed by atoms with van der Waals surface area (Å²) < 4.78 is 0.809. The van der Waals surface area contributed by atoms with Crippen LogP contribution in [0.5, 0.6) is 0 Å². The first-order valence-electron chi connectivity index (χ1n) is 7.65. The first kappa shape index (κ1) is 18.3. The molecular weight excluding hydrogens is 416 g/mol. The molecule has 0 radical (unpaired) electrons. The molecule has 0 spiro atoms. The third-order valence-corrected chi connectivity index (χ3v) is 4.27. The number of aromatic carboxylic acids is 1. The second-order valence-corrected chi connectivity index (χ2v) is 6.45. The van der Waals surface area contributed by atoms with Gasteiger partial charge in [-0.25, -0.2) is 4.79 Å². The molecular formula is C18H13BrN4O4. The van der Waals surface area contributed by atoms with Crippen LogP contribution in [0.15, 0.2) is 53.0 Å². The van der Waals surface area contributed by atoms with Crippen molar-refractivity contribution in [2.75, 3.05) is 5.32 Å². The van der Waals surface area contributed by atoms with E-state index in [1.54, 1.807) is 36.4 Å². The van der Waals surface area contributed by atoms with Gasteiger partial charge < -0.3 is 16.2 Å². The van der Waals surface area contributed by atoms with Crippen molar-refractivity contribution in [3.63, 3.8) is 0 Å². The van der Waals surface area contributed by atoms with Gasteiger partial charge in [-0.05, 0) is 36.4 Å². The van der Waals surface area contributed by atoms with Crippen molar-refractivity contribution in [1.82, 2.24) is 10.2 Å². The maximum Gasteiger partial charge on any atom is 0.341 e. The highest BCUT2D eigenvalue weighted by molar-refractivity contribution is 9.10. The average Bonchev–Trinajstić information content (AvgIpc) is 3.06. The quantitative estimate of drug-likeness (QED) is 0.494. The van der Waals surface area contributed by atoms with Gasteiger partial charge in [-0.2, -0.15) is 5.10 Å². The van der Waals surface area contributed by atoms with Crippen LogP contribution >= 0.6 is 15.9 Å². The van der Waals surface area contributed by atoms with Gasteiger partial charge >= 0.3 is 5.97 Å². The number of carbonyl (C=O) groups excluding carboxylic acids is 2. The predicted octanol–water partition coefficient (Wildman–Crippen LogP) is 2.89. The van der Waals surface area contributed by atoms with E-state index in [2.05, 4.69) is 31.4 Å². The van der Waals surface area contributed by atoms with E-state index in [-0.39, 0.29) is 22.6 Å². The van der Waals surface area contributed by atoms with Crippen LogP contribution in [0.3, 0.4) is 0 Å². The van der Waals surface area contributed by atoms with Crippen molar-refractivity contribution < 1.29 is 19.5 Å². The van der Waals surface area contributed by atoms with Crippen molar-refractivity contribution >= 4 is 39.5 Å². The van der Waals surface area contributed by atoms with E-state index < -0.39 is 17.8 Å². The van der Waals surface area contributed by atoms with Crippen LogP contribution in [0.1, 0.15) is 31.1 Å². The first-order valence-corrected chi connectivity index (χ1v) is 8.45. The normalized spacial score (nSPS) is 10.4. The number of carbonyl (C=O) groups is 3. The lowest BCUT2D eigenvalue weighted by Gasteiger charge is -2.05. The highest BCUT2D eigenvalue weighted by Gasteiger charge is 2.23. The number of aromatic nitrogens is 2. The molecule has 3 rings (SSSR count). The van der Waals surface area contributed by atoms with E-state index in [1.165, 1.54) is 12.1 Å². The number of hydrogen-bond acceptors (Lipinski definition) is 4. The Labute approximate surface area is 161 Å². The molecule has 0 aliphatic rings. The van der Waals surface area contributed by atoms with Crippen LogP contribution in [-0.4, -0.2) is 33.1 Å². The molecule has 5 N–H and O–H groups in total. The number of primary amides is 1. The van der Waals surface area contributed by atoms with Crippen LogP contribution in [0.2, 0.25) is 0 Å². The highest BCUT2D eigenvalue weighted by atomic mass is 79.9. The van der Waals surface area contributed by atoms with E-state index in [0.29, 0.717) is 11.1 Å². The van der Waals surface area contributed by atoms with E-state index in [0.717, 1.165) is 4.47 Å². The summed E-state index contributed by atoms with van der Waals surface area (Å²) in [5, 5.41) is 18.6. The molecule has 0 bridgehead atoms. The molecule has 2 aromatic carbocycles. The molecule has 136 valence electrons. The standard InChI is InChI=1S/C18H13BrN4O4/c19-12-6-4-9(5-7-12)17(25)21-16-13(18(26)27)14(22-23-16)10-2-1-3-11(8-10)15(20)24/h1-8H,(H2,20,24)(H,26,27)(H2,21,22,23,25). The van der Waals surface area contributed by atoms with Crippen molar-refractivity contribution in [3.05, 3.63) is 69.7 Å². The van der Waals surface area contributed by atoms with E-state index in [4.69, 9.17) is 5.73 Å². The van der Waals surface area contributed by atoms with Crippen LogP contribution < -0.4 is 11.1 Å². The second kappa shape index (κ2) is 7.42. The van der Waals surface area contributed by atoms with Gasteiger partial charge in [0.05, 0.1) is 0 Å². The summed E-state index contributed by atoms with van der Waals surface area (Å²) in [7, 11) is 0. The summed E-state index contributed by atoms with van der Waals surface area (Å²) in [6, 6.07) is 12.7. The topological polar surface area (TPSA) is 138 Å². The molecule has 2 amide bonds. The van der Waals surface area contributed by atoms with Crippen molar-refractivity contribution in [2.45, 2.75) is 0 Å². The highest BCUT2D eigenvalue weighted by Crippen LogP contribution is 2.28. The number of carboxylic acid groups (broad SMARTS) is 1. The number of hydrogen-bond donors (Lipinski definition) is 4. The number of H-pyrrole nitrogens is 1.